The predicted octanol–water partition coefficient (Wildman–Crippen LogP) is 2.83. The molecule has 138 valence electrons. The van der Waals surface area contributed by atoms with Crippen LogP contribution in [0.2, 0.25) is 0 Å². The zero-order chi connectivity index (χ0) is 18.4. The van der Waals surface area contributed by atoms with E-state index in [1.54, 1.807) is 4.90 Å². The van der Waals surface area contributed by atoms with Gasteiger partial charge in [-0.25, -0.2) is 4.79 Å². The largest absolute Gasteiger partial charge is 0.339 e. The minimum atomic E-state index is -0.0260. The molecule has 0 saturated carbocycles. The summed E-state index contributed by atoms with van der Waals surface area (Å²) >= 11 is 0. The molecular weight excluding hydrogens is 314 g/mol. The first-order chi connectivity index (χ1) is 11.8. The van der Waals surface area contributed by atoms with Gasteiger partial charge in [-0.15, -0.1) is 0 Å². The van der Waals surface area contributed by atoms with Crippen molar-refractivity contribution in [3.8, 4) is 0 Å². The maximum Gasteiger partial charge on any atom is 0.317 e. The van der Waals surface area contributed by atoms with E-state index in [2.05, 4.69) is 45.1 Å². The van der Waals surface area contributed by atoms with E-state index in [9.17, 15) is 9.59 Å². The number of carbonyl (C=O) groups excluding carboxylic acids is 2. The molecule has 1 N–H and O–H groups in total. The van der Waals surface area contributed by atoms with Crippen molar-refractivity contribution in [3.05, 3.63) is 35.4 Å². The summed E-state index contributed by atoms with van der Waals surface area (Å²) in [5.74, 6) is 0.179. The van der Waals surface area contributed by atoms with Gasteiger partial charge >= 0.3 is 6.03 Å². The molecule has 1 aliphatic heterocycles. The molecule has 0 atom stereocenters. The van der Waals surface area contributed by atoms with Crippen molar-refractivity contribution in [2.24, 2.45) is 5.41 Å². The van der Waals surface area contributed by atoms with Crippen LogP contribution < -0.4 is 5.32 Å². The third-order valence-electron chi connectivity index (χ3n) is 4.56. The highest BCUT2D eigenvalue weighted by Crippen LogP contribution is 2.13. The van der Waals surface area contributed by atoms with Gasteiger partial charge in [-0.05, 0) is 29.9 Å². The molecule has 2 rings (SSSR count). The highest BCUT2D eigenvalue weighted by Gasteiger charge is 2.24. The summed E-state index contributed by atoms with van der Waals surface area (Å²) < 4.78 is 0. The molecule has 0 spiro atoms. The quantitative estimate of drug-likeness (QED) is 0.912. The number of nitrogens with zero attached hydrogens (tertiary/aromatic N) is 2. The third-order valence-corrected chi connectivity index (χ3v) is 4.56. The average Bonchev–Trinajstić information content (AvgIpc) is 2.58. The number of aryl methyl sites for hydroxylation is 2. The second-order valence-electron chi connectivity index (χ2n) is 8.01. The van der Waals surface area contributed by atoms with Gasteiger partial charge in [0.15, 0.2) is 0 Å². The maximum absolute atomic E-state index is 12.4. The van der Waals surface area contributed by atoms with Gasteiger partial charge in [-0.1, -0.05) is 45.0 Å². The fourth-order valence-electron chi connectivity index (χ4n) is 2.90. The summed E-state index contributed by atoms with van der Waals surface area (Å²) in [4.78, 5) is 28.3. The first-order valence-electron chi connectivity index (χ1n) is 9.11. The van der Waals surface area contributed by atoms with Crippen LogP contribution >= 0.6 is 0 Å². The Labute approximate surface area is 151 Å². The van der Waals surface area contributed by atoms with Crippen molar-refractivity contribution >= 4 is 11.9 Å². The molecule has 25 heavy (non-hydrogen) atoms. The van der Waals surface area contributed by atoms with Crippen LogP contribution in [0.3, 0.4) is 0 Å². The minimum Gasteiger partial charge on any atom is -0.339 e. The molecule has 5 nitrogen and oxygen atoms in total. The summed E-state index contributed by atoms with van der Waals surface area (Å²) in [7, 11) is 0. The van der Waals surface area contributed by atoms with Gasteiger partial charge in [-0.3, -0.25) is 4.79 Å². The maximum atomic E-state index is 12.4. The Hall–Kier alpha value is -2.04. The Bertz CT molecular complexity index is 599. The van der Waals surface area contributed by atoms with Crippen LogP contribution in [0.1, 0.15) is 38.3 Å². The first kappa shape index (κ1) is 19.3. The van der Waals surface area contributed by atoms with E-state index < -0.39 is 0 Å². The zero-order valence-corrected chi connectivity index (χ0v) is 16.0. The Balaban J connectivity index is 1.75. The Kier molecular flexibility index (Phi) is 6.45. The molecule has 0 radical (unpaired) electrons. The highest BCUT2D eigenvalue weighted by molar-refractivity contribution is 5.78. The van der Waals surface area contributed by atoms with Gasteiger partial charge in [0.2, 0.25) is 5.91 Å². The molecule has 1 aliphatic rings. The zero-order valence-electron chi connectivity index (χ0n) is 16.0. The van der Waals surface area contributed by atoms with Crippen LogP contribution in [0.15, 0.2) is 24.3 Å². The van der Waals surface area contributed by atoms with E-state index >= 15 is 0 Å². The van der Waals surface area contributed by atoms with Crippen molar-refractivity contribution in [2.75, 3.05) is 32.7 Å². The highest BCUT2D eigenvalue weighted by atomic mass is 16.2. The van der Waals surface area contributed by atoms with Crippen molar-refractivity contribution in [1.29, 1.82) is 0 Å². The second kappa shape index (κ2) is 8.37. The molecule has 1 fully saturated rings. The van der Waals surface area contributed by atoms with Gasteiger partial charge in [0.05, 0.1) is 0 Å². The molecule has 3 amide bonds. The third kappa shape index (κ3) is 6.07. The molecule has 1 heterocycles. The van der Waals surface area contributed by atoms with E-state index in [1.165, 1.54) is 11.1 Å². The molecule has 1 saturated heterocycles. The van der Waals surface area contributed by atoms with Gasteiger partial charge in [0.1, 0.15) is 0 Å². The van der Waals surface area contributed by atoms with E-state index in [1.807, 2.05) is 17.0 Å². The topological polar surface area (TPSA) is 52.7 Å². The number of hydrogen-bond donors (Lipinski definition) is 1. The molecule has 1 aromatic carbocycles. The van der Waals surface area contributed by atoms with Gasteiger partial charge in [0.25, 0.3) is 0 Å². The van der Waals surface area contributed by atoms with Gasteiger partial charge in [-0.2, -0.15) is 0 Å². The van der Waals surface area contributed by atoms with Crippen LogP contribution in [0.25, 0.3) is 0 Å². The molecule has 0 bridgehead atoms. The predicted molar refractivity (Wildman–Crippen MR) is 101 cm³/mol. The number of hydrogen-bond acceptors (Lipinski definition) is 2. The number of rotatable bonds is 4. The second-order valence-corrected chi connectivity index (χ2v) is 8.01. The van der Waals surface area contributed by atoms with Crippen LogP contribution in [-0.2, 0) is 11.2 Å². The van der Waals surface area contributed by atoms with Crippen LogP contribution in [-0.4, -0.2) is 54.5 Å². The van der Waals surface area contributed by atoms with Crippen LogP contribution in [0.5, 0.6) is 0 Å². The Morgan fingerprint density at radius 2 is 1.64 bits per heavy atom. The molecular formula is C20H31N3O2. The summed E-state index contributed by atoms with van der Waals surface area (Å²) in [6, 6.07) is 8.17. The molecule has 0 unspecified atom stereocenters. The fraction of sp³-hybridized carbons (Fsp3) is 0.600. The van der Waals surface area contributed by atoms with Crippen molar-refractivity contribution < 1.29 is 9.59 Å². The van der Waals surface area contributed by atoms with Gasteiger partial charge in [0, 0.05) is 39.1 Å². The smallest absolute Gasteiger partial charge is 0.317 e. The number of urea groups is 1. The SMILES string of the molecule is Cc1ccccc1CCC(=O)N1CCN(C(=O)NCC(C)(C)C)CC1. The number of amides is 3. The van der Waals surface area contributed by atoms with E-state index in [0.717, 1.165) is 6.42 Å². The molecule has 1 aromatic rings. The monoisotopic (exact) mass is 345 g/mol. The van der Waals surface area contributed by atoms with Crippen LogP contribution in [0, 0.1) is 12.3 Å². The van der Waals surface area contributed by atoms with Crippen molar-refractivity contribution in [3.63, 3.8) is 0 Å². The average molecular weight is 345 g/mol. The molecule has 0 aliphatic carbocycles. The van der Waals surface area contributed by atoms with Crippen molar-refractivity contribution in [1.82, 2.24) is 15.1 Å². The standard InChI is InChI=1S/C20H31N3O2/c1-16-7-5-6-8-17(16)9-10-18(24)22-11-13-23(14-12-22)19(25)21-15-20(2,3)4/h5-8H,9-15H2,1-4H3,(H,21,25). The number of carbonyl (C=O) groups is 2. The lowest BCUT2D eigenvalue weighted by Crippen LogP contribution is -2.53. The number of benzene rings is 1. The normalized spacial score (nSPS) is 15.2. The summed E-state index contributed by atoms with van der Waals surface area (Å²) in [6.07, 6.45) is 1.30. The number of nitrogens with one attached hydrogen (secondary N) is 1. The minimum absolute atomic E-state index is 0.0260. The summed E-state index contributed by atoms with van der Waals surface area (Å²) in [6.45, 7) is 11.5. The fourth-order valence-corrected chi connectivity index (χ4v) is 2.90. The lowest BCUT2D eigenvalue weighted by molar-refractivity contribution is -0.132. The number of piperazine rings is 1. The van der Waals surface area contributed by atoms with E-state index in [0.29, 0.717) is 39.1 Å². The van der Waals surface area contributed by atoms with E-state index in [-0.39, 0.29) is 17.4 Å². The summed E-state index contributed by atoms with van der Waals surface area (Å²) in [5, 5.41) is 2.97. The van der Waals surface area contributed by atoms with E-state index in [4.69, 9.17) is 0 Å². The van der Waals surface area contributed by atoms with Crippen LogP contribution in [0.4, 0.5) is 4.79 Å². The Morgan fingerprint density at radius 1 is 1.04 bits per heavy atom. The first-order valence-corrected chi connectivity index (χ1v) is 9.11. The van der Waals surface area contributed by atoms with Gasteiger partial charge < -0.3 is 15.1 Å². The molecule has 5 heteroatoms. The summed E-state index contributed by atoms with van der Waals surface area (Å²) in [5.41, 5.74) is 2.54. The van der Waals surface area contributed by atoms with Crippen molar-refractivity contribution in [2.45, 2.75) is 40.5 Å². The lowest BCUT2D eigenvalue weighted by atomic mass is 9.97. The lowest BCUT2D eigenvalue weighted by Gasteiger charge is -2.35. The molecule has 0 aromatic heterocycles. The Morgan fingerprint density at radius 3 is 2.24 bits per heavy atom.